The molecule has 0 unspecified atom stereocenters. The van der Waals surface area contributed by atoms with Crippen molar-refractivity contribution in [2.45, 2.75) is 14.7 Å². The second kappa shape index (κ2) is 8.95. The van der Waals surface area contributed by atoms with Gasteiger partial charge >= 0.3 is 0 Å². The van der Waals surface area contributed by atoms with Gasteiger partial charge in [-0.2, -0.15) is 25.3 Å². The first-order valence-electron chi connectivity index (χ1n) is 9.26. The Balaban J connectivity index is 0.000000203. The minimum atomic E-state index is -4.82. The van der Waals surface area contributed by atoms with E-state index < -0.39 is 45.9 Å². The number of phenolic OH excluding ortho intramolecular Hbond substituents is 1. The van der Waals surface area contributed by atoms with Crippen molar-refractivity contribution in [2.75, 3.05) is 11.5 Å². The van der Waals surface area contributed by atoms with Gasteiger partial charge in [-0.1, -0.05) is 30.3 Å². The fourth-order valence-corrected chi connectivity index (χ4v) is 5.36. The molecule has 0 radical (unpaired) electrons. The lowest BCUT2D eigenvalue weighted by atomic mass is 10.1. The first-order valence-corrected chi connectivity index (χ1v) is 13.6. The van der Waals surface area contributed by atoms with Crippen molar-refractivity contribution < 1.29 is 44.0 Å². The molecule has 0 aliphatic carbocycles. The van der Waals surface area contributed by atoms with E-state index in [4.69, 9.17) is 25.1 Å². The van der Waals surface area contributed by atoms with Crippen LogP contribution in [0.2, 0.25) is 0 Å². The maximum atomic E-state index is 11.3. The number of phenols is 1. The summed E-state index contributed by atoms with van der Waals surface area (Å²) in [6.07, 6.45) is 0. The van der Waals surface area contributed by atoms with Crippen molar-refractivity contribution in [3.63, 3.8) is 0 Å². The van der Waals surface area contributed by atoms with Gasteiger partial charge in [0.05, 0.1) is 10.6 Å². The SMILES string of the molecule is Nc1c(O)ccc2cc(S(=O)(=O)O)cc(S(=O)(=O)O)c12.Nc1ccc(S(=O)(=O)O)c2ccccc12. The molecule has 0 bridgehead atoms. The maximum absolute atomic E-state index is 11.3. The van der Waals surface area contributed by atoms with Crippen molar-refractivity contribution in [3.05, 3.63) is 60.7 Å². The Labute approximate surface area is 199 Å². The number of hydrogen-bond acceptors (Lipinski definition) is 9. The molecule has 0 heterocycles. The van der Waals surface area contributed by atoms with Crippen LogP contribution in [0, 0.1) is 0 Å². The zero-order valence-corrected chi connectivity index (χ0v) is 19.8. The lowest BCUT2D eigenvalue weighted by Gasteiger charge is -2.10. The highest BCUT2D eigenvalue weighted by molar-refractivity contribution is 7.87. The van der Waals surface area contributed by atoms with E-state index in [9.17, 15) is 30.4 Å². The molecule has 186 valence electrons. The van der Waals surface area contributed by atoms with E-state index in [-0.39, 0.29) is 21.4 Å². The normalized spacial score (nSPS) is 12.3. The topological polar surface area (TPSA) is 235 Å². The number of nitrogens with two attached hydrogens (primary N) is 2. The second-order valence-corrected chi connectivity index (χ2v) is 11.3. The van der Waals surface area contributed by atoms with Gasteiger partial charge in [-0.25, -0.2) is 0 Å². The third kappa shape index (κ3) is 5.45. The third-order valence-electron chi connectivity index (χ3n) is 4.84. The van der Waals surface area contributed by atoms with Crippen LogP contribution < -0.4 is 11.5 Å². The summed E-state index contributed by atoms with van der Waals surface area (Å²) < 4.78 is 94.2. The molecule has 4 aromatic carbocycles. The summed E-state index contributed by atoms with van der Waals surface area (Å²) in [5.41, 5.74) is 11.4. The highest BCUT2D eigenvalue weighted by atomic mass is 32.2. The van der Waals surface area contributed by atoms with E-state index in [1.165, 1.54) is 18.2 Å². The maximum Gasteiger partial charge on any atom is 0.295 e. The van der Waals surface area contributed by atoms with Gasteiger partial charge < -0.3 is 16.6 Å². The van der Waals surface area contributed by atoms with Crippen LogP contribution in [0.5, 0.6) is 5.75 Å². The Bertz CT molecular complexity index is 1800. The van der Waals surface area contributed by atoms with Crippen LogP contribution in [0.25, 0.3) is 21.5 Å². The van der Waals surface area contributed by atoms with E-state index in [0.717, 1.165) is 12.1 Å². The molecule has 8 N–H and O–H groups in total. The zero-order valence-electron chi connectivity index (χ0n) is 17.4. The Morgan fingerprint density at radius 3 is 1.74 bits per heavy atom. The minimum Gasteiger partial charge on any atom is -0.506 e. The summed E-state index contributed by atoms with van der Waals surface area (Å²) in [6, 6.07) is 13.4. The Morgan fingerprint density at radius 1 is 0.629 bits per heavy atom. The highest BCUT2D eigenvalue weighted by Gasteiger charge is 2.22. The molecule has 0 aromatic heterocycles. The summed E-state index contributed by atoms with van der Waals surface area (Å²) in [5.74, 6) is -0.429. The first-order chi connectivity index (χ1) is 16.0. The van der Waals surface area contributed by atoms with Crippen molar-refractivity contribution >= 4 is 63.3 Å². The molecule has 4 rings (SSSR count). The molecule has 0 aliphatic heterocycles. The molecule has 35 heavy (non-hydrogen) atoms. The number of benzene rings is 4. The summed E-state index contributed by atoms with van der Waals surface area (Å²) in [4.78, 5) is -1.66. The van der Waals surface area contributed by atoms with Crippen molar-refractivity contribution in [1.29, 1.82) is 0 Å². The fourth-order valence-electron chi connectivity index (χ4n) is 3.29. The second-order valence-electron chi connectivity index (χ2n) is 7.14. The van der Waals surface area contributed by atoms with Crippen LogP contribution in [0.15, 0.2) is 75.4 Å². The summed E-state index contributed by atoms with van der Waals surface area (Å²) in [7, 11) is -13.7. The average molecular weight is 543 g/mol. The summed E-state index contributed by atoms with van der Waals surface area (Å²) in [5, 5.41) is 10.3. The fraction of sp³-hybridized carbons (Fsp3) is 0. The Kier molecular flexibility index (Phi) is 6.69. The van der Waals surface area contributed by atoms with Gasteiger partial charge in [0.15, 0.2) is 0 Å². The van der Waals surface area contributed by atoms with Crippen LogP contribution >= 0.6 is 0 Å². The molecule has 0 aliphatic rings. The molecule has 12 nitrogen and oxygen atoms in total. The van der Waals surface area contributed by atoms with E-state index in [1.807, 2.05) is 0 Å². The number of rotatable bonds is 3. The van der Waals surface area contributed by atoms with Gasteiger partial charge in [0, 0.05) is 21.8 Å². The van der Waals surface area contributed by atoms with Crippen LogP contribution in [-0.2, 0) is 30.4 Å². The summed E-state index contributed by atoms with van der Waals surface area (Å²) >= 11 is 0. The van der Waals surface area contributed by atoms with Gasteiger partial charge in [0.1, 0.15) is 15.5 Å². The molecule has 4 aromatic rings. The smallest absolute Gasteiger partial charge is 0.295 e. The van der Waals surface area contributed by atoms with Crippen LogP contribution in [0.3, 0.4) is 0 Å². The number of nitrogen functional groups attached to an aromatic ring is 2. The van der Waals surface area contributed by atoms with Crippen molar-refractivity contribution in [2.24, 2.45) is 0 Å². The molecule has 0 fully saturated rings. The highest BCUT2D eigenvalue weighted by Crippen LogP contribution is 2.36. The predicted octanol–water partition coefficient (Wildman–Crippen LogP) is 2.29. The quantitative estimate of drug-likeness (QED) is 0.124. The standard InChI is InChI=1S/C10H9NO7S2.C10H9NO3S/c11-10-7(12)2-1-5-3-6(19(13,14)15)4-8(9(5)10)20(16,17)18;11-9-5-6-10(15(12,13)14)8-4-2-1-3-7(8)9/h1-4,12H,11H2,(H,13,14,15)(H,16,17,18);1-6H,11H2,(H,12,13,14). The molecule has 0 spiro atoms. The Morgan fingerprint density at radius 2 is 1.20 bits per heavy atom. The number of aromatic hydroxyl groups is 1. The van der Waals surface area contributed by atoms with E-state index >= 15 is 0 Å². The molecular weight excluding hydrogens is 524 g/mol. The Hall–Kier alpha value is -3.47. The van der Waals surface area contributed by atoms with Crippen LogP contribution in [0.4, 0.5) is 11.4 Å². The lowest BCUT2D eigenvalue weighted by molar-refractivity contribution is 0.478. The number of fused-ring (bicyclic) bond motifs is 2. The monoisotopic (exact) mass is 542 g/mol. The summed E-state index contributed by atoms with van der Waals surface area (Å²) in [6.45, 7) is 0. The lowest BCUT2D eigenvalue weighted by Crippen LogP contribution is -2.05. The van der Waals surface area contributed by atoms with Gasteiger partial charge in [-0.05, 0) is 35.7 Å². The van der Waals surface area contributed by atoms with Gasteiger partial charge in [-0.3, -0.25) is 13.7 Å². The van der Waals surface area contributed by atoms with Gasteiger partial charge in [0.25, 0.3) is 30.4 Å². The molecule has 0 atom stereocenters. The molecule has 0 amide bonds. The van der Waals surface area contributed by atoms with E-state index in [2.05, 4.69) is 0 Å². The molecular formula is C20H18N2O10S3. The van der Waals surface area contributed by atoms with E-state index in [1.54, 1.807) is 24.3 Å². The van der Waals surface area contributed by atoms with Crippen LogP contribution in [0.1, 0.15) is 0 Å². The van der Waals surface area contributed by atoms with E-state index in [0.29, 0.717) is 22.5 Å². The minimum absolute atomic E-state index is 0.0167. The van der Waals surface area contributed by atoms with Gasteiger partial charge in [-0.15, -0.1) is 0 Å². The predicted molar refractivity (Wildman–Crippen MR) is 128 cm³/mol. The van der Waals surface area contributed by atoms with Crippen molar-refractivity contribution in [1.82, 2.24) is 0 Å². The zero-order chi connectivity index (χ0) is 26.3. The van der Waals surface area contributed by atoms with Crippen molar-refractivity contribution in [3.8, 4) is 5.75 Å². The first kappa shape index (κ1) is 26.1. The number of hydrogen-bond donors (Lipinski definition) is 6. The number of anilines is 2. The average Bonchev–Trinajstić information content (AvgIpc) is 2.74. The van der Waals surface area contributed by atoms with Gasteiger partial charge in [0.2, 0.25) is 0 Å². The molecule has 0 saturated carbocycles. The molecule has 15 heteroatoms. The third-order valence-corrected chi connectivity index (χ3v) is 7.46. The largest absolute Gasteiger partial charge is 0.506 e. The van der Waals surface area contributed by atoms with Crippen LogP contribution in [-0.4, -0.2) is 44.0 Å². The molecule has 0 saturated heterocycles.